The second-order valence-electron chi connectivity index (χ2n) is 8.24. The number of hydrogen-bond acceptors (Lipinski definition) is 7. The summed E-state index contributed by atoms with van der Waals surface area (Å²) in [5.74, 6) is 2.95. The van der Waals surface area contributed by atoms with Crippen LogP contribution >= 0.6 is 0 Å². The van der Waals surface area contributed by atoms with Crippen molar-refractivity contribution in [3.63, 3.8) is 0 Å². The average molecular weight is 452 g/mol. The van der Waals surface area contributed by atoms with Crippen LogP contribution in [-0.4, -0.2) is 47.3 Å². The first-order valence-corrected chi connectivity index (χ1v) is 11.1. The predicted molar refractivity (Wildman–Crippen MR) is 122 cm³/mol. The summed E-state index contributed by atoms with van der Waals surface area (Å²) in [6.07, 6.45) is 0.385. The van der Waals surface area contributed by atoms with Crippen LogP contribution in [-0.2, 0) is 11.3 Å². The summed E-state index contributed by atoms with van der Waals surface area (Å²) in [5.41, 5.74) is 1.81. The highest BCUT2D eigenvalue weighted by molar-refractivity contribution is 5.79. The first-order valence-electron chi connectivity index (χ1n) is 11.1. The molecule has 33 heavy (non-hydrogen) atoms. The van der Waals surface area contributed by atoms with E-state index >= 15 is 0 Å². The number of aromatic nitrogens is 2. The number of methoxy groups -OCH3 is 1. The van der Waals surface area contributed by atoms with Crippen molar-refractivity contribution in [1.82, 2.24) is 15.0 Å². The van der Waals surface area contributed by atoms with Crippen LogP contribution in [0.1, 0.15) is 44.6 Å². The van der Waals surface area contributed by atoms with Crippen LogP contribution in [0.4, 0.5) is 0 Å². The van der Waals surface area contributed by atoms with Gasteiger partial charge in [0.25, 0.3) is 0 Å². The molecule has 0 spiro atoms. The van der Waals surface area contributed by atoms with Crippen molar-refractivity contribution in [1.29, 1.82) is 0 Å². The minimum absolute atomic E-state index is 0.0342. The third kappa shape index (κ3) is 5.27. The molecule has 1 aliphatic heterocycles. The fraction of sp³-hybridized carbons (Fsp3) is 0.400. The molecule has 174 valence electrons. The van der Waals surface area contributed by atoms with E-state index in [0.717, 1.165) is 16.9 Å². The molecule has 1 fully saturated rings. The Labute approximate surface area is 193 Å². The normalized spacial score (nSPS) is 15.8. The monoisotopic (exact) mass is 451 g/mol. The fourth-order valence-electron chi connectivity index (χ4n) is 3.84. The van der Waals surface area contributed by atoms with Gasteiger partial charge in [0.05, 0.1) is 25.7 Å². The fourth-order valence-corrected chi connectivity index (χ4v) is 3.84. The van der Waals surface area contributed by atoms with Crippen molar-refractivity contribution in [2.45, 2.75) is 45.8 Å². The van der Waals surface area contributed by atoms with Gasteiger partial charge in [-0.15, -0.1) is 0 Å². The standard InChI is InChI=1S/C25H29N3O5/c1-5-31-20-9-6-17(7-10-20)14-28-15-19(13-23(28)29)25-26-24(27-33-25)18-8-11-21(32-16(2)3)22(12-18)30-4/h6-12,16,19H,5,13-15H2,1-4H3. The summed E-state index contributed by atoms with van der Waals surface area (Å²) in [4.78, 5) is 19.0. The molecule has 4 rings (SSSR count). The van der Waals surface area contributed by atoms with Gasteiger partial charge in [-0.1, -0.05) is 17.3 Å². The Morgan fingerprint density at radius 2 is 1.94 bits per heavy atom. The maximum Gasteiger partial charge on any atom is 0.232 e. The second kappa shape index (κ2) is 9.94. The molecule has 3 aromatic rings. The minimum Gasteiger partial charge on any atom is -0.494 e. The average Bonchev–Trinajstić information content (AvgIpc) is 3.42. The van der Waals surface area contributed by atoms with E-state index < -0.39 is 0 Å². The van der Waals surface area contributed by atoms with E-state index in [1.165, 1.54) is 0 Å². The molecule has 0 aliphatic carbocycles. The number of benzene rings is 2. The highest BCUT2D eigenvalue weighted by atomic mass is 16.5. The number of nitrogens with zero attached hydrogens (tertiary/aromatic N) is 3. The van der Waals surface area contributed by atoms with Crippen molar-refractivity contribution in [3.05, 3.63) is 53.9 Å². The van der Waals surface area contributed by atoms with E-state index in [0.29, 0.717) is 49.3 Å². The maximum absolute atomic E-state index is 12.6. The van der Waals surface area contributed by atoms with E-state index in [4.69, 9.17) is 18.7 Å². The van der Waals surface area contributed by atoms with Crippen LogP contribution < -0.4 is 14.2 Å². The Hall–Kier alpha value is -3.55. The van der Waals surface area contributed by atoms with Gasteiger partial charge >= 0.3 is 0 Å². The predicted octanol–water partition coefficient (Wildman–Crippen LogP) is 4.45. The molecule has 2 heterocycles. The molecule has 1 atom stereocenters. The molecule has 0 bridgehead atoms. The lowest BCUT2D eigenvalue weighted by atomic mass is 10.1. The van der Waals surface area contributed by atoms with Gasteiger partial charge in [0.2, 0.25) is 17.6 Å². The molecule has 1 unspecified atom stereocenters. The van der Waals surface area contributed by atoms with E-state index in [9.17, 15) is 4.79 Å². The Morgan fingerprint density at radius 3 is 2.64 bits per heavy atom. The Kier molecular flexibility index (Phi) is 6.82. The molecular weight excluding hydrogens is 422 g/mol. The third-order valence-electron chi connectivity index (χ3n) is 5.40. The highest BCUT2D eigenvalue weighted by Gasteiger charge is 2.34. The molecular formula is C25H29N3O5. The molecule has 0 N–H and O–H groups in total. The lowest BCUT2D eigenvalue weighted by Crippen LogP contribution is -2.24. The molecule has 1 amide bonds. The number of amides is 1. The van der Waals surface area contributed by atoms with Gasteiger partial charge in [-0.2, -0.15) is 4.98 Å². The second-order valence-corrected chi connectivity index (χ2v) is 8.24. The SMILES string of the molecule is CCOc1ccc(CN2CC(c3nc(-c4ccc(OC(C)C)c(OC)c4)no3)CC2=O)cc1. The van der Waals surface area contributed by atoms with Gasteiger partial charge < -0.3 is 23.6 Å². The van der Waals surface area contributed by atoms with E-state index in [-0.39, 0.29) is 17.9 Å². The maximum atomic E-state index is 12.6. The largest absolute Gasteiger partial charge is 0.494 e. The smallest absolute Gasteiger partial charge is 0.232 e. The highest BCUT2D eigenvalue weighted by Crippen LogP contribution is 2.34. The number of carbonyl (C=O) groups excluding carboxylic acids is 1. The zero-order valence-electron chi connectivity index (χ0n) is 19.4. The van der Waals surface area contributed by atoms with Crippen molar-refractivity contribution >= 4 is 5.91 Å². The summed E-state index contributed by atoms with van der Waals surface area (Å²) in [7, 11) is 1.59. The number of hydrogen-bond donors (Lipinski definition) is 0. The molecule has 8 heteroatoms. The topological polar surface area (TPSA) is 86.9 Å². The van der Waals surface area contributed by atoms with Gasteiger partial charge in [0.15, 0.2) is 11.5 Å². The van der Waals surface area contributed by atoms with Crippen molar-refractivity contribution in [2.24, 2.45) is 0 Å². The minimum atomic E-state index is -0.133. The van der Waals surface area contributed by atoms with Crippen LogP contribution in [0.25, 0.3) is 11.4 Å². The number of likely N-dealkylation sites (tertiary alicyclic amines) is 1. The van der Waals surface area contributed by atoms with Crippen LogP contribution in [0.3, 0.4) is 0 Å². The third-order valence-corrected chi connectivity index (χ3v) is 5.40. The Bertz CT molecular complexity index is 1090. The summed E-state index contributed by atoms with van der Waals surface area (Å²) < 4.78 is 22.2. The lowest BCUT2D eigenvalue weighted by Gasteiger charge is -2.16. The molecule has 1 aliphatic rings. The summed E-state index contributed by atoms with van der Waals surface area (Å²) >= 11 is 0. The van der Waals surface area contributed by atoms with Gasteiger partial charge in [0.1, 0.15) is 5.75 Å². The van der Waals surface area contributed by atoms with Gasteiger partial charge in [-0.05, 0) is 56.7 Å². The van der Waals surface area contributed by atoms with Crippen molar-refractivity contribution in [2.75, 3.05) is 20.3 Å². The number of carbonyl (C=O) groups is 1. The quantitative estimate of drug-likeness (QED) is 0.475. The summed E-state index contributed by atoms with van der Waals surface area (Å²) in [6, 6.07) is 13.3. The first-order chi connectivity index (χ1) is 16.0. The van der Waals surface area contributed by atoms with Crippen LogP contribution in [0.5, 0.6) is 17.2 Å². The van der Waals surface area contributed by atoms with E-state index in [1.54, 1.807) is 7.11 Å². The first kappa shape index (κ1) is 22.6. The van der Waals surface area contributed by atoms with Crippen LogP contribution in [0.15, 0.2) is 47.0 Å². The van der Waals surface area contributed by atoms with Crippen LogP contribution in [0, 0.1) is 0 Å². The van der Waals surface area contributed by atoms with E-state index in [1.807, 2.05) is 68.1 Å². The van der Waals surface area contributed by atoms with Gasteiger partial charge in [0, 0.05) is 25.1 Å². The summed E-state index contributed by atoms with van der Waals surface area (Å²) in [6.45, 7) is 7.57. The van der Waals surface area contributed by atoms with Crippen molar-refractivity contribution < 1.29 is 23.5 Å². The molecule has 2 aromatic carbocycles. The molecule has 1 aromatic heterocycles. The molecule has 1 saturated heterocycles. The van der Waals surface area contributed by atoms with Gasteiger partial charge in [-0.25, -0.2) is 0 Å². The molecule has 8 nitrogen and oxygen atoms in total. The number of ether oxygens (including phenoxy) is 3. The van der Waals surface area contributed by atoms with Crippen molar-refractivity contribution in [3.8, 4) is 28.6 Å². The van der Waals surface area contributed by atoms with Gasteiger partial charge in [-0.3, -0.25) is 4.79 Å². The Balaban J connectivity index is 1.44. The molecule has 0 saturated carbocycles. The zero-order valence-corrected chi connectivity index (χ0v) is 19.4. The summed E-state index contributed by atoms with van der Waals surface area (Å²) in [5, 5.41) is 4.13. The number of rotatable bonds is 9. The Morgan fingerprint density at radius 1 is 1.15 bits per heavy atom. The van der Waals surface area contributed by atoms with Crippen LogP contribution in [0.2, 0.25) is 0 Å². The van der Waals surface area contributed by atoms with E-state index in [2.05, 4.69) is 10.1 Å². The molecule has 0 radical (unpaired) electrons. The lowest BCUT2D eigenvalue weighted by molar-refractivity contribution is -0.128. The zero-order chi connectivity index (χ0) is 23.4.